The van der Waals surface area contributed by atoms with Crippen molar-refractivity contribution in [1.29, 1.82) is 0 Å². The van der Waals surface area contributed by atoms with Crippen LogP contribution in [0.2, 0.25) is 0 Å². The van der Waals surface area contributed by atoms with Gasteiger partial charge >= 0.3 is 5.97 Å². The Balaban J connectivity index is 2.31. The van der Waals surface area contributed by atoms with Gasteiger partial charge in [0.05, 0.1) is 5.92 Å². The van der Waals surface area contributed by atoms with Crippen molar-refractivity contribution >= 4 is 5.97 Å². The highest BCUT2D eigenvalue weighted by Gasteiger charge is 2.23. The number of carboxylic acids is 1. The molecule has 4 heteroatoms. The average molecular weight is 221 g/mol. The number of rotatable bonds is 3. The van der Waals surface area contributed by atoms with E-state index in [1.165, 1.54) is 0 Å². The first-order valence-corrected chi connectivity index (χ1v) is 5.34. The van der Waals surface area contributed by atoms with Gasteiger partial charge in [-0.05, 0) is 24.1 Å². The molecule has 1 heterocycles. The Morgan fingerprint density at radius 2 is 2.44 bits per heavy atom. The number of hydrogen-bond acceptors (Lipinski definition) is 3. The summed E-state index contributed by atoms with van der Waals surface area (Å²) in [5, 5.41) is 9.02. The maximum Gasteiger partial charge on any atom is 0.312 e. The normalized spacial score (nSPS) is 20.0. The number of carbonyl (C=O) groups is 1. The second-order valence-electron chi connectivity index (χ2n) is 4.13. The average Bonchev–Trinajstić information content (AvgIpc) is 2.57. The van der Waals surface area contributed by atoms with Gasteiger partial charge in [-0.1, -0.05) is 12.1 Å². The standard InChI is InChI=1S/C12H15NO3/c1-7-4-9-5-8(2-3-11(9)16-7)10(6-13)12(14)15/h2-3,5,7,10H,4,6,13H2,1H3,(H,14,15). The molecule has 4 nitrogen and oxygen atoms in total. The minimum absolute atomic E-state index is 0.116. The Hall–Kier alpha value is -1.55. The van der Waals surface area contributed by atoms with E-state index in [-0.39, 0.29) is 12.6 Å². The SMILES string of the molecule is CC1Cc2cc(C(CN)C(=O)O)ccc2O1. The molecular formula is C12H15NO3. The summed E-state index contributed by atoms with van der Waals surface area (Å²) in [5.74, 6) is -0.645. The van der Waals surface area contributed by atoms with Crippen molar-refractivity contribution in [2.75, 3.05) is 6.54 Å². The minimum Gasteiger partial charge on any atom is -0.490 e. The third kappa shape index (κ3) is 1.88. The summed E-state index contributed by atoms with van der Waals surface area (Å²) in [6.45, 7) is 2.11. The second kappa shape index (κ2) is 4.14. The van der Waals surface area contributed by atoms with Crippen LogP contribution in [0.4, 0.5) is 0 Å². The second-order valence-corrected chi connectivity index (χ2v) is 4.13. The van der Waals surface area contributed by atoms with Gasteiger partial charge in [0, 0.05) is 13.0 Å². The monoisotopic (exact) mass is 221 g/mol. The molecule has 0 amide bonds. The molecule has 0 spiro atoms. The summed E-state index contributed by atoms with van der Waals surface area (Å²) in [6, 6.07) is 5.51. The lowest BCUT2D eigenvalue weighted by atomic mass is 9.96. The number of benzene rings is 1. The van der Waals surface area contributed by atoms with Crippen molar-refractivity contribution in [3.63, 3.8) is 0 Å². The van der Waals surface area contributed by atoms with Crippen LogP contribution < -0.4 is 10.5 Å². The highest BCUT2D eigenvalue weighted by molar-refractivity contribution is 5.76. The summed E-state index contributed by atoms with van der Waals surface area (Å²) < 4.78 is 5.56. The zero-order valence-corrected chi connectivity index (χ0v) is 9.14. The van der Waals surface area contributed by atoms with Crippen molar-refractivity contribution in [1.82, 2.24) is 0 Å². The molecule has 16 heavy (non-hydrogen) atoms. The van der Waals surface area contributed by atoms with E-state index in [4.69, 9.17) is 15.6 Å². The van der Waals surface area contributed by atoms with E-state index >= 15 is 0 Å². The van der Waals surface area contributed by atoms with Crippen LogP contribution in [0.5, 0.6) is 5.75 Å². The lowest BCUT2D eigenvalue weighted by Crippen LogP contribution is -2.21. The van der Waals surface area contributed by atoms with Crippen LogP contribution in [0.1, 0.15) is 24.0 Å². The molecule has 86 valence electrons. The van der Waals surface area contributed by atoms with Gasteiger partial charge in [0.15, 0.2) is 0 Å². The Labute approximate surface area is 94.0 Å². The fourth-order valence-corrected chi connectivity index (χ4v) is 2.04. The predicted molar refractivity (Wildman–Crippen MR) is 59.7 cm³/mol. The van der Waals surface area contributed by atoms with E-state index in [0.717, 1.165) is 23.3 Å². The van der Waals surface area contributed by atoms with Crippen molar-refractivity contribution < 1.29 is 14.6 Å². The molecule has 0 bridgehead atoms. The molecule has 1 aliphatic rings. The van der Waals surface area contributed by atoms with Crippen LogP contribution in [0.25, 0.3) is 0 Å². The van der Waals surface area contributed by atoms with Gasteiger partial charge in [-0.25, -0.2) is 0 Å². The number of carboxylic acid groups (broad SMARTS) is 1. The van der Waals surface area contributed by atoms with Crippen molar-refractivity contribution in [2.24, 2.45) is 5.73 Å². The summed E-state index contributed by atoms with van der Waals surface area (Å²) in [6.07, 6.45) is 1.01. The zero-order valence-electron chi connectivity index (χ0n) is 9.14. The van der Waals surface area contributed by atoms with Gasteiger partial charge in [0.1, 0.15) is 11.9 Å². The zero-order chi connectivity index (χ0) is 11.7. The van der Waals surface area contributed by atoms with E-state index < -0.39 is 11.9 Å². The van der Waals surface area contributed by atoms with E-state index in [1.54, 1.807) is 6.07 Å². The summed E-state index contributed by atoms with van der Waals surface area (Å²) in [5.41, 5.74) is 7.30. The van der Waals surface area contributed by atoms with E-state index in [1.807, 2.05) is 19.1 Å². The molecule has 2 atom stereocenters. The molecule has 1 aliphatic heterocycles. The van der Waals surface area contributed by atoms with Crippen LogP contribution in [-0.2, 0) is 11.2 Å². The van der Waals surface area contributed by atoms with Gasteiger partial charge in [-0.15, -0.1) is 0 Å². The summed E-state index contributed by atoms with van der Waals surface area (Å²) in [4.78, 5) is 11.0. The van der Waals surface area contributed by atoms with Gasteiger partial charge in [0.25, 0.3) is 0 Å². The summed E-state index contributed by atoms with van der Waals surface area (Å²) in [7, 11) is 0. The number of fused-ring (bicyclic) bond motifs is 1. The first-order chi connectivity index (χ1) is 7.61. The Morgan fingerprint density at radius 1 is 1.69 bits per heavy atom. The van der Waals surface area contributed by atoms with Crippen molar-refractivity contribution in [3.8, 4) is 5.75 Å². The number of nitrogens with two attached hydrogens (primary N) is 1. The summed E-state index contributed by atoms with van der Waals surface area (Å²) >= 11 is 0. The molecule has 0 aliphatic carbocycles. The van der Waals surface area contributed by atoms with Crippen LogP contribution >= 0.6 is 0 Å². The van der Waals surface area contributed by atoms with Gasteiger partial charge in [0.2, 0.25) is 0 Å². The quantitative estimate of drug-likeness (QED) is 0.802. The van der Waals surface area contributed by atoms with Crippen LogP contribution in [0.15, 0.2) is 18.2 Å². The van der Waals surface area contributed by atoms with Crippen LogP contribution in [0, 0.1) is 0 Å². The smallest absolute Gasteiger partial charge is 0.312 e. The van der Waals surface area contributed by atoms with Gasteiger partial charge in [-0.2, -0.15) is 0 Å². The van der Waals surface area contributed by atoms with E-state index in [0.29, 0.717) is 0 Å². The Kier molecular flexibility index (Phi) is 2.83. The lowest BCUT2D eigenvalue weighted by molar-refractivity contribution is -0.138. The highest BCUT2D eigenvalue weighted by Crippen LogP contribution is 2.31. The predicted octanol–water partition coefficient (Wildman–Crippen LogP) is 1.14. The van der Waals surface area contributed by atoms with Crippen LogP contribution in [0.3, 0.4) is 0 Å². The molecule has 0 fully saturated rings. The molecule has 2 rings (SSSR count). The van der Waals surface area contributed by atoms with Gasteiger partial charge < -0.3 is 15.6 Å². The highest BCUT2D eigenvalue weighted by atomic mass is 16.5. The molecule has 0 aromatic heterocycles. The number of hydrogen-bond donors (Lipinski definition) is 2. The van der Waals surface area contributed by atoms with Crippen LogP contribution in [-0.4, -0.2) is 23.7 Å². The maximum atomic E-state index is 11.0. The molecule has 2 unspecified atom stereocenters. The first-order valence-electron chi connectivity index (χ1n) is 5.34. The molecule has 3 N–H and O–H groups in total. The fraction of sp³-hybridized carbons (Fsp3) is 0.417. The minimum atomic E-state index is -0.880. The van der Waals surface area contributed by atoms with Crippen molar-refractivity contribution in [2.45, 2.75) is 25.4 Å². The molecule has 1 aromatic rings. The molecule has 0 saturated carbocycles. The number of aliphatic carboxylic acids is 1. The van der Waals surface area contributed by atoms with Gasteiger partial charge in [-0.3, -0.25) is 4.79 Å². The molecule has 0 saturated heterocycles. The van der Waals surface area contributed by atoms with E-state index in [2.05, 4.69) is 0 Å². The topological polar surface area (TPSA) is 72.6 Å². The largest absolute Gasteiger partial charge is 0.490 e. The lowest BCUT2D eigenvalue weighted by Gasteiger charge is -2.10. The van der Waals surface area contributed by atoms with Crippen molar-refractivity contribution in [3.05, 3.63) is 29.3 Å². The third-order valence-corrected chi connectivity index (χ3v) is 2.86. The first kappa shape index (κ1) is 11.0. The third-order valence-electron chi connectivity index (χ3n) is 2.86. The molecule has 1 aromatic carbocycles. The molecule has 0 radical (unpaired) electrons. The number of ether oxygens (including phenoxy) is 1. The Morgan fingerprint density at radius 3 is 3.06 bits per heavy atom. The fourth-order valence-electron chi connectivity index (χ4n) is 2.04. The molecular weight excluding hydrogens is 206 g/mol. The van der Waals surface area contributed by atoms with E-state index in [9.17, 15) is 4.79 Å². The maximum absolute atomic E-state index is 11.0. The Bertz CT molecular complexity index is 417.